The summed E-state index contributed by atoms with van der Waals surface area (Å²) in [7, 11) is 0. The Labute approximate surface area is 90.7 Å². The lowest BCUT2D eigenvalue weighted by atomic mass is 10.1. The molecule has 1 aromatic rings. The Bertz CT molecular complexity index is 334. The number of benzene rings is 1. The summed E-state index contributed by atoms with van der Waals surface area (Å²) in [6, 6.07) is 7.54. The first-order valence-electron chi connectivity index (χ1n) is 5.19. The van der Waals surface area contributed by atoms with Gasteiger partial charge in [-0.25, -0.2) is 0 Å². The van der Waals surface area contributed by atoms with Gasteiger partial charge in [0.2, 0.25) is 5.91 Å². The van der Waals surface area contributed by atoms with Crippen molar-refractivity contribution in [1.29, 1.82) is 0 Å². The second-order valence-electron chi connectivity index (χ2n) is 4.12. The Kier molecular flexibility index (Phi) is 4.16. The van der Waals surface area contributed by atoms with Gasteiger partial charge in [0.25, 0.3) is 0 Å². The van der Waals surface area contributed by atoms with E-state index in [1.807, 2.05) is 38.1 Å². The van der Waals surface area contributed by atoms with E-state index in [0.717, 1.165) is 11.3 Å². The van der Waals surface area contributed by atoms with Crippen molar-refractivity contribution in [1.82, 2.24) is 5.32 Å². The van der Waals surface area contributed by atoms with E-state index in [1.165, 1.54) is 0 Å². The van der Waals surface area contributed by atoms with Gasteiger partial charge in [0.05, 0.1) is 0 Å². The molecule has 1 amide bonds. The topological polar surface area (TPSA) is 55.1 Å². The molecule has 1 rings (SSSR count). The molecular weight excluding hydrogens is 188 g/mol. The Morgan fingerprint density at radius 1 is 1.47 bits per heavy atom. The van der Waals surface area contributed by atoms with Crippen LogP contribution in [0.5, 0.6) is 0 Å². The van der Waals surface area contributed by atoms with Gasteiger partial charge in [-0.3, -0.25) is 4.79 Å². The maximum Gasteiger partial charge on any atom is 0.220 e. The van der Waals surface area contributed by atoms with Crippen LogP contribution in [0.25, 0.3) is 0 Å². The van der Waals surface area contributed by atoms with Crippen LogP contribution in [0, 0.1) is 5.92 Å². The Morgan fingerprint density at radius 3 is 2.80 bits per heavy atom. The molecule has 0 aliphatic heterocycles. The standard InChI is InChI=1S/C12H18N2O/c1-9(2)6-12(15)14-8-10-4-3-5-11(13)7-10/h3-5,7,9H,6,8,13H2,1-2H3,(H,14,15). The molecule has 0 atom stereocenters. The third-order valence-corrected chi connectivity index (χ3v) is 2.03. The average molecular weight is 206 g/mol. The molecule has 82 valence electrons. The molecule has 1 aromatic carbocycles. The molecule has 3 heteroatoms. The molecule has 0 aromatic heterocycles. The van der Waals surface area contributed by atoms with Gasteiger partial charge in [-0.2, -0.15) is 0 Å². The van der Waals surface area contributed by atoms with Gasteiger partial charge in [0, 0.05) is 18.7 Å². The highest BCUT2D eigenvalue weighted by Gasteiger charge is 2.03. The monoisotopic (exact) mass is 206 g/mol. The summed E-state index contributed by atoms with van der Waals surface area (Å²) in [5.41, 5.74) is 7.39. The largest absolute Gasteiger partial charge is 0.399 e. The zero-order valence-corrected chi connectivity index (χ0v) is 9.29. The lowest BCUT2D eigenvalue weighted by Gasteiger charge is -2.07. The molecule has 0 unspecified atom stereocenters. The summed E-state index contributed by atoms with van der Waals surface area (Å²) in [6.45, 7) is 4.61. The Morgan fingerprint density at radius 2 is 2.20 bits per heavy atom. The predicted molar refractivity (Wildman–Crippen MR) is 62.2 cm³/mol. The minimum atomic E-state index is 0.0902. The number of carbonyl (C=O) groups excluding carboxylic acids is 1. The molecule has 0 aliphatic rings. The summed E-state index contributed by atoms with van der Waals surface area (Å²) in [4.78, 5) is 11.4. The summed E-state index contributed by atoms with van der Waals surface area (Å²) < 4.78 is 0. The van der Waals surface area contributed by atoms with Gasteiger partial charge >= 0.3 is 0 Å². The van der Waals surface area contributed by atoms with E-state index >= 15 is 0 Å². The summed E-state index contributed by atoms with van der Waals surface area (Å²) in [5, 5.41) is 2.86. The van der Waals surface area contributed by atoms with E-state index in [-0.39, 0.29) is 5.91 Å². The zero-order chi connectivity index (χ0) is 11.3. The number of hydrogen-bond donors (Lipinski definition) is 2. The van der Waals surface area contributed by atoms with Crippen LogP contribution in [-0.4, -0.2) is 5.91 Å². The number of nitrogen functional groups attached to an aromatic ring is 1. The van der Waals surface area contributed by atoms with Gasteiger partial charge in [0.15, 0.2) is 0 Å². The molecule has 0 spiro atoms. The van der Waals surface area contributed by atoms with E-state index in [2.05, 4.69) is 5.32 Å². The smallest absolute Gasteiger partial charge is 0.220 e. The number of carbonyl (C=O) groups is 1. The number of rotatable bonds is 4. The quantitative estimate of drug-likeness (QED) is 0.740. The van der Waals surface area contributed by atoms with Crippen LogP contribution < -0.4 is 11.1 Å². The predicted octanol–water partition coefficient (Wildman–Crippen LogP) is 1.93. The fourth-order valence-electron chi connectivity index (χ4n) is 1.35. The molecule has 0 saturated carbocycles. The number of nitrogens with two attached hydrogens (primary N) is 1. The number of hydrogen-bond acceptors (Lipinski definition) is 2. The van der Waals surface area contributed by atoms with Crippen molar-refractivity contribution in [3.05, 3.63) is 29.8 Å². The van der Waals surface area contributed by atoms with Crippen LogP contribution in [0.4, 0.5) is 5.69 Å². The maximum atomic E-state index is 11.4. The van der Waals surface area contributed by atoms with Crippen LogP contribution in [0.1, 0.15) is 25.8 Å². The molecule has 0 aliphatic carbocycles. The maximum absolute atomic E-state index is 11.4. The third-order valence-electron chi connectivity index (χ3n) is 2.03. The van der Waals surface area contributed by atoms with Crippen molar-refractivity contribution in [3.8, 4) is 0 Å². The molecule has 0 fully saturated rings. The number of nitrogens with one attached hydrogen (secondary N) is 1. The van der Waals surface area contributed by atoms with E-state index < -0.39 is 0 Å². The van der Waals surface area contributed by atoms with Gasteiger partial charge in [-0.1, -0.05) is 26.0 Å². The third kappa shape index (κ3) is 4.49. The minimum Gasteiger partial charge on any atom is -0.399 e. The van der Waals surface area contributed by atoms with Crippen LogP contribution in [0.3, 0.4) is 0 Å². The molecular formula is C12H18N2O. The minimum absolute atomic E-state index is 0.0902. The van der Waals surface area contributed by atoms with Crippen molar-refractivity contribution in [2.75, 3.05) is 5.73 Å². The fraction of sp³-hybridized carbons (Fsp3) is 0.417. The van der Waals surface area contributed by atoms with Crippen molar-refractivity contribution < 1.29 is 4.79 Å². The number of anilines is 1. The molecule has 0 saturated heterocycles. The van der Waals surface area contributed by atoms with Crippen molar-refractivity contribution in [2.45, 2.75) is 26.8 Å². The first-order chi connectivity index (χ1) is 7.08. The Balaban J connectivity index is 2.40. The van der Waals surface area contributed by atoms with E-state index in [1.54, 1.807) is 0 Å². The lowest BCUT2D eigenvalue weighted by Crippen LogP contribution is -2.23. The van der Waals surface area contributed by atoms with E-state index in [0.29, 0.717) is 18.9 Å². The molecule has 3 nitrogen and oxygen atoms in total. The van der Waals surface area contributed by atoms with Gasteiger partial charge < -0.3 is 11.1 Å². The lowest BCUT2D eigenvalue weighted by molar-refractivity contribution is -0.121. The highest BCUT2D eigenvalue weighted by atomic mass is 16.1. The summed E-state index contributed by atoms with van der Waals surface area (Å²) in [6.07, 6.45) is 0.572. The molecule has 0 heterocycles. The number of amides is 1. The normalized spacial score (nSPS) is 10.3. The van der Waals surface area contributed by atoms with Crippen LogP contribution in [0.15, 0.2) is 24.3 Å². The van der Waals surface area contributed by atoms with E-state index in [4.69, 9.17) is 5.73 Å². The summed E-state index contributed by atoms with van der Waals surface area (Å²) >= 11 is 0. The molecule has 0 bridgehead atoms. The second-order valence-corrected chi connectivity index (χ2v) is 4.12. The van der Waals surface area contributed by atoms with Crippen molar-refractivity contribution in [3.63, 3.8) is 0 Å². The van der Waals surface area contributed by atoms with Crippen molar-refractivity contribution >= 4 is 11.6 Å². The SMILES string of the molecule is CC(C)CC(=O)NCc1cccc(N)c1. The fourth-order valence-corrected chi connectivity index (χ4v) is 1.35. The van der Waals surface area contributed by atoms with Crippen LogP contribution in [-0.2, 0) is 11.3 Å². The average Bonchev–Trinajstić information content (AvgIpc) is 2.14. The highest BCUT2D eigenvalue weighted by Crippen LogP contribution is 2.06. The first kappa shape index (κ1) is 11.6. The van der Waals surface area contributed by atoms with Crippen molar-refractivity contribution in [2.24, 2.45) is 5.92 Å². The zero-order valence-electron chi connectivity index (χ0n) is 9.29. The highest BCUT2D eigenvalue weighted by molar-refractivity contribution is 5.76. The van der Waals surface area contributed by atoms with Crippen LogP contribution >= 0.6 is 0 Å². The van der Waals surface area contributed by atoms with E-state index in [9.17, 15) is 4.79 Å². The Hall–Kier alpha value is -1.51. The molecule has 3 N–H and O–H groups in total. The first-order valence-corrected chi connectivity index (χ1v) is 5.19. The molecule has 15 heavy (non-hydrogen) atoms. The van der Waals surface area contributed by atoms with Crippen LogP contribution in [0.2, 0.25) is 0 Å². The summed E-state index contributed by atoms with van der Waals surface area (Å²) in [5.74, 6) is 0.485. The van der Waals surface area contributed by atoms with Gasteiger partial charge in [-0.05, 0) is 23.6 Å². The van der Waals surface area contributed by atoms with Gasteiger partial charge in [0.1, 0.15) is 0 Å². The second kappa shape index (κ2) is 5.39. The van der Waals surface area contributed by atoms with Gasteiger partial charge in [-0.15, -0.1) is 0 Å². The molecule has 0 radical (unpaired) electrons.